The van der Waals surface area contributed by atoms with Gasteiger partial charge in [-0.3, -0.25) is 9.59 Å². The number of nitrogens with two attached hydrogens (primary N) is 1. The molecule has 3 aliphatic heterocycles. The summed E-state index contributed by atoms with van der Waals surface area (Å²) in [6, 6.07) is 4.19. The number of aliphatic hydroxyl groups excluding tert-OH is 1. The molecule has 33 heavy (non-hydrogen) atoms. The van der Waals surface area contributed by atoms with Gasteiger partial charge in [-0.15, -0.1) is 5.10 Å². The summed E-state index contributed by atoms with van der Waals surface area (Å²) in [5, 5.41) is 24.7. The van der Waals surface area contributed by atoms with Crippen LogP contribution < -0.4 is 15.4 Å². The van der Waals surface area contributed by atoms with Gasteiger partial charge in [0.25, 0.3) is 11.8 Å². The van der Waals surface area contributed by atoms with Crippen molar-refractivity contribution < 1.29 is 34.0 Å². The molecule has 5 rings (SSSR count). The van der Waals surface area contributed by atoms with Crippen LogP contribution in [0.1, 0.15) is 22.2 Å². The third-order valence-electron chi connectivity index (χ3n) is 5.89. The second-order valence-corrected chi connectivity index (χ2v) is 8.09. The molecule has 2 aromatic rings. The van der Waals surface area contributed by atoms with Gasteiger partial charge < -0.3 is 35.1 Å². The molecule has 2 amide bonds. The zero-order valence-corrected chi connectivity index (χ0v) is 17.5. The van der Waals surface area contributed by atoms with Crippen molar-refractivity contribution in [3.05, 3.63) is 35.9 Å². The molecule has 0 spiro atoms. The van der Waals surface area contributed by atoms with Crippen LogP contribution in [0.25, 0.3) is 0 Å². The first-order valence-electron chi connectivity index (χ1n) is 10.2. The minimum atomic E-state index is -1.55. The lowest BCUT2D eigenvalue weighted by atomic mass is 9.96. The average molecular weight is 455 g/mol. The van der Waals surface area contributed by atoms with Gasteiger partial charge in [0.15, 0.2) is 11.6 Å². The zero-order chi connectivity index (χ0) is 23.3. The number of amides is 2. The Kier molecular flexibility index (Phi) is 5.06. The number of aliphatic hydroxyl groups is 2. The number of benzene rings is 1. The van der Waals surface area contributed by atoms with Crippen LogP contribution in [0.2, 0.25) is 0 Å². The van der Waals surface area contributed by atoms with Crippen LogP contribution in [0.4, 0.5) is 5.69 Å². The van der Waals surface area contributed by atoms with Crippen molar-refractivity contribution in [1.29, 1.82) is 0 Å². The first kappa shape index (κ1) is 21.4. The summed E-state index contributed by atoms with van der Waals surface area (Å²) in [5.41, 5.74) is 4.65. The van der Waals surface area contributed by atoms with Crippen LogP contribution >= 0.6 is 0 Å². The van der Waals surface area contributed by atoms with E-state index in [1.165, 1.54) is 15.9 Å². The van der Waals surface area contributed by atoms with Gasteiger partial charge in [-0.25, -0.2) is 9.67 Å². The number of primary amides is 1. The molecule has 1 aromatic heterocycles. The maximum Gasteiger partial charge on any atom is 0.288 e. The summed E-state index contributed by atoms with van der Waals surface area (Å²) in [4.78, 5) is 29.6. The standard InChI is InChI=1S/C21H21N5O7/c1-25-12-6-11(4-5-21(30)9-33-16-14(27)8-32-17(16)21)2-3-15(12)31-7-13(20(25)29)26-10-23-19(24-26)18(22)28/h2-3,6,10,13-14,16-17,27,30H,7-9H2,1H3,(H2,22,28)/t13-,14-,16+,17-,21+/m0/s1. The van der Waals surface area contributed by atoms with E-state index in [4.69, 9.17) is 19.9 Å². The van der Waals surface area contributed by atoms with Gasteiger partial charge in [0, 0.05) is 12.6 Å². The van der Waals surface area contributed by atoms with Gasteiger partial charge in [-0.05, 0) is 18.2 Å². The largest absolute Gasteiger partial charge is 0.489 e. The summed E-state index contributed by atoms with van der Waals surface area (Å²) < 4.78 is 18.0. The Balaban J connectivity index is 1.39. The highest BCUT2D eigenvalue weighted by Gasteiger charge is 2.55. The summed E-state index contributed by atoms with van der Waals surface area (Å²) >= 11 is 0. The van der Waals surface area contributed by atoms with Gasteiger partial charge in [-0.2, -0.15) is 0 Å². The number of carbonyl (C=O) groups is 2. The molecule has 0 aliphatic carbocycles. The quantitative estimate of drug-likeness (QED) is 0.444. The molecule has 5 atom stereocenters. The number of hydrogen-bond donors (Lipinski definition) is 3. The lowest BCUT2D eigenvalue weighted by molar-refractivity contribution is -0.122. The predicted octanol–water partition coefficient (Wildman–Crippen LogP) is -1.79. The predicted molar refractivity (Wildman–Crippen MR) is 110 cm³/mol. The molecule has 12 heteroatoms. The minimum Gasteiger partial charge on any atom is -0.489 e. The van der Waals surface area contributed by atoms with Crippen LogP contribution in [0.5, 0.6) is 5.75 Å². The van der Waals surface area contributed by atoms with Crippen molar-refractivity contribution >= 4 is 17.5 Å². The van der Waals surface area contributed by atoms with E-state index < -0.39 is 35.9 Å². The molecule has 0 unspecified atom stereocenters. The highest BCUT2D eigenvalue weighted by molar-refractivity contribution is 5.98. The number of rotatable bonds is 2. The fourth-order valence-corrected chi connectivity index (χ4v) is 4.08. The highest BCUT2D eigenvalue weighted by atomic mass is 16.6. The van der Waals surface area contributed by atoms with Crippen molar-refractivity contribution in [2.24, 2.45) is 5.73 Å². The number of anilines is 1. The second-order valence-electron chi connectivity index (χ2n) is 8.09. The number of hydrogen-bond acceptors (Lipinski definition) is 9. The Morgan fingerprint density at radius 2 is 2.15 bits per heavy atom. The van der Waals surface area contributed by atoms with E-state index in [9.17, 15) is 19.8 Å². The Labute approximate surface area is 187 Å². The minimum absolute atomic E-state index is 0.0252. The molecule has 2 fully saturated rings. The van der Waals surface area contributed by atoms with E-state index in [0.29, 0.717) is 17.0 Å². The normalized spacial score (nSPS) is 30.6. The molecular weight excluding hydrogens is 434 g/mol. The lowest BCUT2D eigenvalue weighted by Gasteiger charge is -2.20. The van der Waals surface area contributed by atoms with Crippen molar-refractivity contribution in [2.75, 3.05) is 31.8 Å². The van der Waals surface area contributed by atoms with Crippen molar-refractivity contribution in [3.63, 3.8) is 0 Å². The molecule has 2 saturated heterocycles. The molecule has 0 saturated carbocycles. The summed E-state index contributed by atoms with van der Waals surface area (Å²) in [6.45, 7) is -0.0232. The first-order valence-corrected chi connectivity index (χ1v) is 10.2. The monoisotopic (exact) mass is 455 g/mol. The summed E-state index contributed by atoms with van der Waals surface area (Å²) in [7, 11) is 1.59. The summed E-state index contributed by atoms with van der Waals surface area (Å²) in [5.74, 6) is 4.83. The third kappa shape index (κ3) is 3.61. The third-order valence-corrected chi connectivity index (χ3v) is 5.89. The Bertz CT molecular complexity index is 1190. The van der Waals surface area contributed by atoms with Crippen LogP contribution in [0.3, 0.4) is 0 Å². The van der Waals surface area contributed by atoms with E-state index in [0.717, 1.165) is 0 Å². The van der Waals surface area contributed by atoms with Gasteiger partial charge in [0.1, 0.15) is 37.0 Å². The maximum absolute atomic E-state index is 13.1. The molecule has 4 heterocycles. The number of nitrogens with zero attached hydrogens (tertiary/aromatic N) is 4. The van der Waals surface area contributed by atoms with E-state index in [2.05, 4.69) is 21.9 Å². The van der Waals surface area contributed by atoms with E-state index in [-0.39, 0.29) is 31.6 Å². The lowest BCUT2D eigenvalue weighted by Crippen LogP contribution is -2.42. The van der Waals surface area contributed by atoms with Crippen LogP contribution in [-0.4, -0.2) is 87.6 Å². The van der Waals surface area contributed by atoms with Gasteiger partial charge in [0.2, 0.25) is 5.82 Å². The fourth-order valence-electron chi connectivity index (χ4n) is 4.08. The maximum atomic E-state index is 13.1. The fraction of sp³-hybridized carbons (Fsp3) is 0.429. The van der Waals surface area contributed by atoms with E-state index >= 15 is 0 Å². The molecule has 3 aliphatic rings. The molecular formula is C21H21N5O7. The molecule has 0 bridgehead atoms. The van der Waals surface area contributed by atoms with Crippen LogP contribution in [0.15, 0.2) is 24.5 Å². The molecule has 12 nitrogen and oxygen atoms in total. The Morgan fingerprint density at radius 1 is 1.33 bits per heavy atom. The van der Waals surface area contributed by atoms with Gasteiger partial charge in [0.05, 0.1) is 18.9 Å². The first-order chi connectivity index (χ1) is 15.8. The molecule has 4 N–H and O–H groups in total. The van der Waals surface area contributed by atoms with Crippen LogP contribution in [0, 0.1) is 11.8 Å². The average Bonchev–Trinajstić information content (AvgIpc) is 3.49. The van der Waals surface area contributed by atoms with Crippen LogP contribution in [-0.2, 0) is 14.3 Å². The number of ether oxygens (including phenoxy) is 3. The van der Waals surface area contributed by atoms with Gasteiger partial charge >= 0.3 is 0 Å². The van der Waals surface area contributed by atoms with Crippen molar-refractivity contribution in [2.45, 2.75) is 30.0 Å². The Morgan fingerprint density at radius 3 is 2.91 bits per heavy atom. The summed E-state index contributed by atoms with van der Waals surface area (Å²) in [6.07, 6.45) is -0.890. The number of aromatic nitrogens is 3. The zero-order valence-electron chi connectivity index (χ0n) is 17.5. The molecule has 0 radical (unpaired) electrons. The van der Waals surface area contributed by atoms with E-state index in [1.54, 1.807) is 25.2 Å². The highest BCUT2D eigenvalue weighted by Crippen LogP contribution is 2.35. The number of likely N-dealkylation sites (N-methyl/N-ethyl adjacent to an activating group) is 1. The molecule has 172 valence electrons. The van der Waals surface area contributed by atoms with Crippen molar-refractivity contribution in [3.8, 4) is 17.6 Å². The number of carbonyl (C=O) groups excluding carboxylic acids is 2. The van der Waals surface area contributed by atoms with Crippen molar-refractivity contribution in [1.82, 2.24) is 14.8 Å². The SMILES string of the molecule is CN1C(=O)[C@@H](n2cnc(C(N)=O)n2)COc2ccc(C#C[C@@]3(O)CO[C@@H]4[C@@H](O)CO[C@@H]43)cc21. The van der Waals surface area contributed by atoms with Gasteiger partial charge in [-0.1, -0.05) is 11.8 Å². The molecule has 1 aromatic carbocycles. The second kappa shape index (κ2) is 7.82. The Hall–Kier alpha value is -3.50. The topological polar surface area (TPSA) is 162 Å². The van der Waals surface area contributed by atoms with E-state index in [1.807, 2.05) is 0 Å². The number of fused-ring (bicyclic) bond motifs is 2. The smallest absolute Gasteiger partial charge is 0.288 e.